The molecule has 0 bridgehead atoms. The normalized spacial score (nSPS) is 12.8. The maximum absolute atomic E-state index is 15.9. The molecule has 7 atom stereocenters. The Labute approximate surface area is 625 Å². The fourth-order valence-corrected chi connectivity index (χ4v) is 12.4. The number of carbonyl (C=O) groups is 15. The molecule has 7 rings (SSSR count). The van der Waals surface area contributed by atoms with Crippen LogP contribution in [0.1, 0.15) is 45.9 Å². The van der Waals surface area contributed by atoms with Gasteiger partial charge in [0.25, 0.3) is 0 Å². The lowest BCUT2D eigenvalue weighted by atomic mass is 10.0. The fraction of sp³-hybridized carbons (Fsp3) is 0.278. The van der Waals surface area contributed by atoms with E-state index in [4.69, 9.17) is 5.73 Å². The van der Waals surface area contributed by atoms with Crippen LogP contribution in [-0.2, 0) is 117 Å². The largest absolute Gasteiger partial charge is 0.480 e. The molecular formula is C79H82N8O22. The van der Waals surface area contributed by atoms with Gasteiger partial charge in [-0.05, 0) is 38.9 Å². The van der Waals surface area contributed by atoms with E-state index in [-0.39, 0.29) is 34.2 Å². The Morgan fingerprint density at radius 3 is 0.486 bits per heavy atom. The van der Waals surface area contributed by atoms with Crippen LogP contribution in [0, 0.1) is 0 Å². The van der Waals surface area contributed by atoms with Crippen LogP contribution >= 0.6 is 0 Å². The molecule has 7 aromatic carbocycles. The Kier molecular flexibility index (Phi) is 30.6. The summed E-state index contributed by atoms with van der Waals surface area (Å²) in [5.41, 5.74) is 7.34. The van der Waals surface area contributed by atoms with Gasteiger partial charge in [-0.25, -0.2) is 33.6 Å². The molecule has 109 heavy (non-hydrogen) atoms. The van der Waals surface area contributed by atoms with Gasteiger partial charge in [0.15, 0.2) is 0 Å². The molecule has 0 heterocycles. The molecule has 8 amide bonds. The van der Waals surface area contributed by atoms with Gasteiger partial charge in [-0.1, -0.05) is 212 Å². The first-order valence-electron chi connectivity index (χ1n) is 34.2. The highest BCUT2D eigenvalue weighted by Gasteiger charge is 2.45. The van der Waals surface area contributed by atoms with E-state index in [0.29, 0.717) is 45.4 Å². The van der Waals surface area contributed by atoms with Crippen molar-refractivity contribution in [1.29, 1.82) is 0 Å². The highest BCUT2D eigenvalue weighted by atomic mass is 16.4. The Balaban J connectivity index is 1.39. The number of carbonyl (C=O) groups excluding carboxylic acids is 8. The summed E-state index contributed by atoms with van der Waals surface area (Å²) in [7, 11) is 0. The molecule has 30 nitrogen and oxygen atoms in total. The average Bonchev–Trinajstić information content (AvgIpc) is 0.791. The first kappa shape index (κ1) is 82.9. The molecule has 30 heteroatoms. The Bertz CT molecular complexity index is 4360. The number of primary amides is 1. The van der Waals surface area contributed by atoms with E-state index in [1.54, 1.807) is 78.9 Å². The number of hydrogen-bond acceptors (Lipinski definition) is 15. The number of carboxylic acid groups (broad SMARTS) is 7. The lowest BCUT2D eigenvalue weighted by Crippen LogP contribution is -2.61. The van der Waals surface area contributed by atoms with Gasteiger partial charge in [0, 0.05) is 51.9 Å². The zero-order chi connectivity index (χ0) is 79.4. The van der Waals surface area contributed by atoms with E-state index < -0.39 is 216 Å². The molecule has 570 valence electrons. The standard InChI is InChI=1S/C79H82N8O22/c1-51(88)81(59(73(96)97)37-52-23-9-2-10-24-52)45-67(90)83(61(75(100)101)39-54-27-13-4-14-28-54)47-69(92)85(63(77(104)105)41-56-31-17-6-18-32-56)49-71(94)87(65(79(108)109)43-58-35-21-8-22-36-58)50-72(95)86(64(78(106)107)42-57-33-19-7-20-34-57)48-70(93)84(62(76(102)103)40-55-29-15-5-16-30-55)46-68(91)82(44-66(80)89)60(74(98)99)38-53-25-11-3-12-26-53/h2-36,59-65H,37-50H2,1H3,(H2,80,89)(H,96,97)(H,98,99)(H,100,101)(H,102,103)(H,104,105)(H,106,107)(H,108,109)/t59-,60-,61-,62-,63-,64-,65-/m0/s1. The molecule has 0 unspecified atom stereocenters. The molecule has 0 saturated heterocycles. The first-order chi connectivity index (χ1) is 52.0. The van der Waals surface area contributed by atoms with Gasteiger partial charge >= 0.3 is 41.8 Å². The summed E-state index contributed by atoms with van der Waals surface area (Å²) in [5, 5.41) is 77.2. The topological polar surface area (TPSA) is 446 Å². The van der Waals surface area contributed by atoms with Gasteiger partial charge in [-0.2, -0.15) is 0 Å². The number of hydrogen-bond donors (Lipinski definition) is 8. The number of rotatable bonds is 42. The maximum atomic E-state index is 15.9. The van der Waals surface area contributed by atoms with E-state index in [2.05, 4.69) is 0 Å². The van der Waals surface area contributed by atoms with E-state index in [1.807, 2.05) is 0 Å². The minimum Gasteiger partial charge on any atom is -0.480 e. The zero-order valence-electron chi connectivity index (χ0n) is 59.1. The first-order valence-corrected chi connectivity index (χ1v) is 34.2. The lowest BCUT2D eigenvalue weighted by Gasteiger charge is -2.38. The number of nitrogens with zero attached hydrogens (tertiary/aromatic N) is 7. The highest BCUT2D eigenvalue weighted by Crippen LogP contribution is 2.23. The summed E-state index contributed by atoms with van der Waals surface area (Å²) in [4.78, 5) is 218. The maximum Gasteiger partial charge on any atom is 0.326 e. The quantitative estimate of drug-likeness (QED) is 0.0272. The van der Waals surface area contributed by atoms with Crippen LogP contribution in [0.5, 0.6) is 0 Å². The second-order valence-electron chi connectivity index (χ2n) is 25.5. The van der Waals surface area contributed by atoms with Gasteiger partial charge in [0.1, 0.15) is 88.1 Å². The second-order valence-corrected chi connectivity index (χ2v) is 25.5. The minimum absolute atomic E-state index is 0.165. The number of nitrogens with two attached hydrogens (primary N) is 1. The lowest BCUT2D eigenvalue weighted by molar-refractivity contribution is -0.162. The van der Waals surface area contributed by atoms with Crippen molar-refractivity contribution in [3.05, 3.63) is 251 Å². The number of benzene rings is 7. The molecule has 9 N–H and O–H groups in total. The van der Waals surface area contributed by atoms with Gasteiger partial charge in [0.05, 0.1) is 0 Å². The van der Waals surface area contributed by atoms with Crippen molar-refractivity contribution in [2.24, 2.45) is 5.73 Å². The monoisotopic (exact) mass is 1490 g/mol. The molecule has 7 aromatic rings. The number of carboxylic acids is 7. The van der Waals surface area contributed by atoms with Gasteiger partial charge in [-0.3, -0.25) is 38.4 Å². The number of amides is 8. The third kappa shape index (κ3) is 24.3. The predicted octanol–water partition coefficient (Wildman–Crippen LogP) is 3.16. The highest BCUT2D eigenvalue weighted by molar-refractivity contribution is 5.99. The molecule has 0 fully saturated rings. The van der Waals surface area contributed by atoms with E-state index in [1.165, 1.54) is 133 Å². The summed E-state index contributed by atoms with van der Waals surface area (Å²) < 4.78 is 0. The van der Waals surface area contributed by atoms with E-state index in [9.17, 15) is 83.7 Å². The smallest absolute Gasteiger partial charge is 0.326 e. The van der Waals surface area contributed by atoms with Crippen LogP contribution < -0.4 is 5.73 Å². The van der Waals surface area contributed by atoms with Gasteiger partial charge < -0.3 is 75.8 Å². The second kappa shape index (κ2) is 40.2. The molecule has 0 aliphatic rings. The van der Waals surface area contributed by atoms with Crippen molar-refractivity contribution >= 4 is 89.0 Å². The fourth-order valence-electron chi connectivity index (χ4n) is 12.4. The zero-order valence-corrected chi connectivity index (χ0v) is 59.1. The van der Waals surface area contributed by atoms with Crippen molar-refractivity contribution in [2.45, 2.75) is 94.2 Å². The minimum atomic E-state index is -2.27. The average molecular weight is 1500 g/mol. The van der Waals surface area contributed by atoms with E-state index >= 15 is 24.0 Å². The molecule has 0 aliphatic heterocycles. The third-order valence-electron chi connectivity index (χ3n) is 18.0. The summed E-state index contributed by atoms with van der Waals surface area (Å²) >= 11 is 0. The summed E-state index contributed by atoms with van der Waals surface area (Å²) in [6.45, 7) is -8.97. The van der Waals surface area contributed by atoms with Gasteiger partial charge in [-0.15, -0.1) is 0 Å². The van der Waals surface area contributed by atoms with Crippen LogP contribution in [0.15, 0.2) is 212 Å². The molecule has 0 radical (unpaired) electrons. The van der Waals surface area contributed by atoms with Crippen molar-refractivity contribution in [2.75, 3.05) is 45.8 Å². The number of aliphatic carboxylic acids is 7. The predicted molar refractivity (Wildman–Crippen MR) is 388 cm³/mol. The molecular weight excluding hydrogens is 1410 g/mol. The van der Waals surface area contributed by atoms with E-state index in [0.717, 1.165) is 6.92 Å². The van der Waals surface area contributed by atoms with Crippen molar-refractivity contribution in [1.82, 2.24) is 34.3 Å². The Morgan fingerprint density at radius 1 is 0.229 bits per heavy atom. The van der Waals surface area contributed by atoms with Crippen LogP contribution in [0.4, 0.5) is 0 Å². The molecule has 0 aliphatic carbocycles. The SMILES string of the molecule is CC(=O)N(CC(=O)N(CC(=O)N(CC(=O)N(CC(=O)N(CC(=O)N(CC(=O)N(CC(N)=O)[C@@H](Cc1ccccc1)C(=O)O)[C@@H](Cc1ccccc1)C(=O)O)[C@@H](Cc1ccccc1)C(=O)O)[C@@H](Cc1ccccc1)C(=O)O)[C@@H](Cc1ccccc1)C(=O)O)[C@@H](Cc1ccccc1)C(=O)O)[C@@H](Cc1ccccc1)C(=O)O. The molecule has 0 spiro atoms. The Morgan fingerprint density at radius 2 is 0.358 bits per heavy atom. The Hall–Kier alpha value is -13.4. The van der Waals surface area contributed by atoms with Gasteiger partial charge in [0.2, 0.25) is 47.3 Å². The third-order valence-corrected chi connectivity index (χ3v) is 18.0. The van der Waals surface area contributed by atoms with Crippen molar-refractivity contribution in [3.63, 3.8) is 0 Å². The summed E-state index contributed by atoms with van der Waals surface area (Å²) in [5.74, 6) is -23.7. The van der Waals surface area contributed by atoms with Crippen LogP contribution in [-0.4, -0.2) is 247 Å². The summed E-state index contributed by atoms with van der Waals surface area (Å²) in [6, 6.07) is 38.2. The summed E-state index contributed by atoms with van der Waals surface area (Å²) in [6.07, 6.45) is -4.14. The van der Waals surface area contributed by atoms with Crippen LogP contribution in [0.2, 0.25) is 0 Å². The molecule has 0 aromatic heterocycles. The van der Waals surface area contributed by atoms with Crippen molar-refractivity contribution < 1.29 is 108 Å². The van der Waals surface area contributed by atoms with Crippen LogP contribution in [0.3, 0.4) is 0 Å². The molecule has 0 saturated carbocycles. The van der Waals surface area contributed by atoms with Crippen molar-refractivity contribution in [3.8, 4) is 0 Å². The van der Waals surface area contributed by atoms with Crippen LogP contribution in [0.25, 0.3) is 0 Å².